The van der Waals surface area contributed by atoms with Crippen molar-refractivity contribution in [1.29, 1.82) is 0 Å². The summed E-state index contributed by atoms with van der Waals surface area (Å²) in [7, 11) is -3.42. The lowest BCUT2D eigenvalue weighted by molar-refractivity contribution is 0.216. The zero-order chi connectivity index (χ0) is 13.8. The minimum atomic E-state index is -3.42. The number of aliphatic hydroxyl groups is 1. The number of nitrogens with two attached hydrogens (primary N) is 1. The van der Waals surface area contributed by atoms with Gasteiger partial charge in [-0.05, 0) is 30.5 Å². The first-order valence-corrected chi connectivity index (χ1v) is 7.44. The standard InChI is InChI=1S/C12H20N2O3S/c1-9(7-15)10(2)14-18(16,17)8-11-4-3-5-12(13)6-11/h3-6,9-10,14-15H,7-8,13H2,1-2H3. The van der Waals surface area contributed by atoms with E-state index in [4.69, 9.17) is 10.8 Å². The number of hydrogen-bond acceptors (Lipinski definition) is 4. The predicted molar refractivity (Wildman–Crippen MR) is 72.3 cm³/mol. The number of rotatable bonds is 6. The smallest absolute Gasteiger partial charge is 0.216 e. The predicted octanol–water partition coefficient (Wildman–Crippen LogP) is 0.705. The lowest BCUT2D eigenvalue weighted by Gasteiger charge is -2.19. The van der Waals surface area contributed by atoms with Crippen molar-refractivity contribution < 1.29 is 13.5 Å². The highest BCUT2D eigenvalue weighted by Gasteiger charge is 2.19. The van der Waals surface area contributed by atoms with Gasteiger partial charge in [-0.1, -0.05) is 19.1 Å². The van der Waals surface area contributed by atoms with Crippen LogP contribution >= 0.6 is 0 Å². The van der Waals surface area contributed by atoms with Crippen molar-refractivity contribution in [3.63, 3.8) is 0 Å². The highest BCUT2D eigenvalue weighted by Crippen LogP contribution is 2.11. The van der Waals surface area contributed by atoms with Crippen LogP contribution in [-0.2, 0) is 15.8 Å². The molecule has 0 aliphatic rings. The Balaban J connectivity index is 2.71. The fourth-order valence-corrected chi connectivity index (χ4v) is 3.00. The molecular weight excluding hydrogens is 252 g/mol. The van der Waals surface area contributed by atoms with Crippen molar-refractivity contribution in [2.24, 2.45) is 5.92 Å². The fraction of sp³-hybridized carbons (Fsp3) is 0.500. The number of benzene rings is 1. The topological polar surface area (TPSA) is 92.4 Å². The van der Waals surface area contributed by atoms with E-state index in [9.17, 15) is 8.42 Å². The van der Waals surface area contributed by atoms with E-state index in [1.165, 1.54) is 0 Å². The van der Waals surface area contributed by atoms with Gasteiger partial charge in [-0.2, -0.15) is 0 Å². The second kappa shape index (κ2) is 6.17. The maximum absolute atomic E-state index is 11.9. The van der Waals surface area contributed by atoms with Gasteiger partial charge in [0.2, 0.25) is 10.0 Å². The molecule has 0 aromatic heterocycles. The Labute approximate surface area is 108 Å². The first-order chi connectivity index (χ1) is 8.34. The number of nitrogens with one attached hydrogen (secondary N) is 1. The minimum Gasteiger partial charge on any atom is -0.399 e. The fourth-order valence-electron chi connectivity index (χ4n) is 1.50. The highest BCUT2D eigenvalue weighted by atomic mass is 32.2. The number of hydrogen-bond donors (Lipinski definition) is 3. The zero-order valence-electron chi connectivity index (χ0n) is 10.6. The third-order valence-electron chi connectivity index (χ3n) is 2.81. The molecule has 0 bridgehead atoms. The summed E-state index contributed by atoms with van der Waals surface area (Å²) in [4.78, 5) is 0. The van der Waals surface area contributed by atoms with E-state index in [-0.39, 0.29) is 24.3 Å². The number of nitrogen functional groups attached to an aromatic ring is 1. The third-order valence-corrected chi connectivity index (χ3v) is 4.26. The molecule has 0 aliphatic heterocycles. The van der Waals surface area contributed by atoms with Crippen molar-refractivity contribution in [2.75, 3.05) is 12.3 Å². The molecule has 1 aromatic carbocycles. The van der Waals surface area contributed by atoms with Gasteiger partial charge in [0, 0.05) is 18.3 Å². The number of aliphatic hydroxyl groups excluding tert-OH is 1. The van der Waals surface area contributed by atoms with E-state index in [0.717, 1.165) is 0 Å². The normalized spacial score (nSPS) is 15.3. The Hall–Kier alpha value is -1.11. The molecular formula is C12H20N2O3S. The SMILES string of the molecule is CC(CO)C(C)NS(=O)(=O)Cc1cccc(N)c1. The molecule has 1 aromatic rings. The molecule has 102 valence electrons. The second-order valence-electron chi connectivity index (χ2n) is 4.57. The summed E-state index contributed by atoms with van der Waals surface area (Å²) in [6, 6.07) is 6.48. The van der Waals surface area contributed by atoms with Crippen molar-refractivity contribution in [1.82, 2.24) is 4.72 Å². The van der Waals surface area contributed by atoms with E-state index in [0.29, 0.717) is 11.3 Å². The largest absolute Gasteiger partial charge is 0.399 e. The van der Waals surface area contributed by atoms with Crippen LogP contribution in [0.4, 0.5) is 5.69 Å². The summed E-state index contributed by atoms with van der Waals surface area (Å²) in [5.74, 6) is -0.235. The Bertz CT molecular complexity index is 488. The van der Waals surface area contributed by atoms with Crippen molar-refractivity contribution in [3.8, 4) is 0 Å². The van der Waals surface area contributed by atoms with Crippen LogP contribution in [0.15, 0.2) is 24.3 Å². The van der Waals surface area contributed by atoms with Crippen LogP contribution in [0.1, 0.15) is 19.4 Å². The summed E-state index contributed by atoms with van der Waals surface area (Å²) < 4.78 is 26.4. The minimum absolute atomic E-state index is 0.0536. The molecule has 0 spiro atoms. The molecule has 0 radical (unpaired) electrons. The monoisotopic (exact) mass is 272 g/mol. The molecule has 2 unspecified atom stereocenters. The summed E-state index contributed by atoms with van der Waals surface area (Å²) in [5, 5.41) is 8.98. The lowest BCUT2D eigenvalue weighted by atomic mass is 10.1. The Morgan fingerprint density at radius 3 is 2.61 bits per heavy atom. The maximum Gasteiger partial charge on any atom is 0.216 e. The van der Waals surface area contributed by atoms with Crippen LogP contribution in [0.3, 0.4) is 0 Å². The van der Waals surface area contributed by atoms with Crippen LogP contribution < -0.4 is 10.5 Å². The Morgan fingerprint density at radius 2 is 2.06 bits per heavy atom. The van der Waals surface area contributed by atoms with E-state index in [1.54, 1.807) is 38.1 Å². The van der Waals surface area contributed by atoms with Gasteiger partial charge >= 0.3 is 0 Å². The van der Waals surface area contributed by atoms with E-state index in [2.05, 4.69) is 4.72 Å². The van der Waals surface area contributed by atoms with E-state index in [1.807, 2.05) is 0 Å². The molecule has 4 N–H and O–H groups in total. The first-order valence-electron chi connectivity index (χ1n) is 5.79. The molecule has 5 nitrogen and oxygen atoms in total. The Kier molecular flexibility index (Phi) is 5.13. The van der Waals surface area contributed by atoms with Gasteiger partial charge < -0.3 is 10.8 Å². The van der Waals surface area contributed by atoms with Gasteiger partial charge in [0.1, 0.15) is 0 Å². The van der Waals surface area contributed by atoms with Gasteiger partial charge in [0.15, 0.2) is 0 Å². The highest BCUT2D eigenvalue weighted by molar-refractivity contribution is 7.88. The first kappa shape index (κ1) is 14.9. The molecule has 0 saturated carbocycles. The number of anilines is 1. The summed E-state index contributed by atoms with van der Waals surface area (Å²) in [6.07, 6.45) is 0. The summed E-state index contributed by atoms with van der Waals surface area (Å²) in [5.41, 5.74) is 6.79. The molecule has 2 atom stereocenters. The number of sulfonamides is 1. The average Bonchev–Trinajstić information content (AvgIpc) is 2.26. The van der Waals surface area contributed by atoms with Gasteiger partial charge in [-0.25, -0.2) is 13.1 Å². The van der Waals surface area contributed by atoms with E-state index < -0.39 is 10.0 Å². The van der Waals surface area contributed by atoms with Crippen molar-refractivity contribution in [3.05, 3.63) is 29.8 Å². The molecule has 0 aliphatic carbocycles. The molecule has 18 heavy (non-hydrogen) atoms. The average molecular weight is 272 g/mol. The quantitative estimate of drug-likeness (QED) is 0.665. The van der Waals surface area contributed by atoms with Gasteiger partial charge in [-0.15, -0.1) is 0 Å². The van der Waals surface area contributed by atoms with Crippen LogP contribution in [-0.4, -0.2) is 26.2 Å². The van der Waals surface area contributed by atoms with Crippen molar-refractivity contribution in [2.45, 2.75) is 25.6 Å². The van der Waals surface area contributed by atoms with Crippen molar-refractivity contribution >= 4 is 15.7 Å². The third kappa shape index (κ3) is 4.64. The molecule has 6 heteroatoms. The Morgan fingerprint density at radius 1 is 1.39 bits per heavy atom. The van der Waals surface area contributed by atoms with Gasteiger partial charge in [0.05, 0.1) is 5.75 Å². The van der Waals surface area contributed by atoms with Gasteiger partial charge in [0.25, 0.3) is 0 Å². The molecule has 0 heterocycles. The van der Waals surface area contributed by atoms with E-state index >= 15 is 0 Å². The second-order valence-corrected chi connectivity index (χ2v) is 6.32. The zero-order valence-corrected chi connectivity index (χ0v) is 11.4. The van der Waals surface area contributed by atoms with Gasteiger partial charge in [-0.3, -0.25) is 0 Å². The summed E-state index contributed by atoms with van der Waals surface area (Å²) >= 11 is 0. The lowest BCUT2D eigenvalue weighted by Crippen LogP contribution is -2.38. The molecule has 0 amide bonds. The maximum atomic E-state index is 11.9. The van der Waals surface area contributed by atoms with Crippen LogP contribution in [0.25, 0.3) is 0 Å². The molecule has 1 rings (SSSR count). The molecule has 0 saturated heterocycles. The van der Waals surface area contributed by atoms with Crippen LogP contribution in [0, 0.1) is 5.92 Å². The molecule has 0 fully saturated rings. The van der Waals surface area contributed by atoms with Crippen LogP contribution in [0.5, 0.6) is 0 Å². The summed E-state index contributed by atoms with van der Waals surface area (Å²) in [6.45, 7) is 3.47. The van der Waals surface area contributed by atoms with Crippen LogP contribution in [0.2, 0.25) is 0 Å².